The summed E-state index contributed by atoms with van der Waals surface area (Å²) in [6, 6.07) is 8.70. The predicted octanol–water partition coefficient (Wildman–Crippen LogP) is 1.43. The Morgan fingerprint density at radius 1 is 1.33 bits per heavy atom. The number of benzene rings is 1. The number of para-hydroxylation sites is 1. The van der Waals surface area contributed by atoms with E-state index in [-0.39, 0.29) is 24.0 Å². The van der Waals surface area contributed by atoms with Crippen molar-refractivity contribution in [3.8, 4) is 0 Å². The van der Waals surface area contributed by atoms with Crippen LogP contribution in [0, 0.1) is 0 Å². The first kappa shape index (κ1) is 10.4. The van der Waals surface area contributed by atoms with Crippen LogP contribution in [0.4, 0.5) is 5.69 Å². The molecule has 1 aliphatic heterocycles. The van der Waals surface area contributed by atoms with Crippen molar-refractivity contribution in [3.05, 3.63) is 24.3 Å². The average Bonchev–Trinajstić information content (AvgIpc) is 2.30. The van der Waals surface area contributed by atoms with Crippen molar-refractivity contribution in [1.82, 2.24) is 0 Å². The van der Waals surface area contributed by atoms with Gasteiger partial charge in [-0.3, -0.25) is 0 Å². The molecule has 12 heavy (non-hydrogen) atoms. The molecule has 1 heterocycles. The van der Waals surface area contributed by atoms with Crippen LogP contribution >= 0.6 is 24.0 Å². The Morgan fingerprint density at radius 2 is 2.00 bits per heavy atom. The molecule has 1 atom stereocenters. The van der Waals surface area contributed by atoms with Crippen LogP contribution in [0.15, 0.2) is 24.3 Å². The fraction of sp³-hybridized carbons (Fsp3) is 0.333. The van der Waals surface area contributed by atoms with Gasteiger partial charge >= 0.3 is 73.2 Å². The summed E-state index contributed by atoms with van der Waals surface area (Å²) in [6.45, 7) is 2.29. The van der Waals surface area contributed by atoms with Gasteiger partial charge < -0.3 is 0 Å². The first-order valence-electron chi connectivity index (χ1n) is 3.77. The molecule has 0 radical (unpaired) electrons. The van der Waals surface area contributed by atoms with E-state index in [0.29, 0.717) is 15.0 Å². The van der Waals surface area contributed by atoms with Gasteiger partial charge in [-0.05, 0) is 0 Å². The minimum absolute atomic E-state index is 0. The topological polar surface area (TPSA) is 3.24 Å². The minimum Gasteiger partial charge on any atom is -0.107 e. The summed E-state index contributed by atoms with van der Waals surface area (Å²) < 4.78 is 1.55. The standard InChI is InChI=1S/C9H11NSe.HI/c1-7-10(2)8-5-3-4-6-9(8)11-7;/h3-7H,1-2H3;1H. The number of hydrogen-bond acceptors (Lipinski definition) is 1. The van der Waals surface area contributed by atoms with Crippen molar-refractivity contribution < 1.29 is 0 Å². The van der Waals surface area contributed by atoms with Gasteiger partial charge in [0, 0.05) is 0 Å². The van der Waals surface area contributed by atoms with Crippen LogP contribution in [0.25, 0.3) is 0 Å². The zero-order valence-corrected chi connectivity index (χ0v) is 11.2. The van der Waals surface area contributed by atoms with Gasteiger partial charge in [0.1, 0.15) is 0 Å². The number of rotatable bonds is 0. The molecule has 1 unspecified atom stereocenters. The molecule has 1 aromatic rings. The van der Waals surface area contributed by atoms with E-state index in [1.807, 2.05) is 0 Å². The molecule has 1 aliphatic rings. The third kappa shape index (κ3) is 1.63. The fourth-order valence-electron chi connectivity index (χ4n) is 1.31. The van der Waals surface area contributed by atoms with Crippen molar-refractivity contribution in [2.45, 2.75) is 11.9 Å². The molecule has 3 heteroatoms. The molecule has 1 nitrogen and oxygen atoms in total. The average molecular weight is 340 g/mol. The van der Waals surface area contributed by atoms with E-state index < -0.39 is 0 Å². The van der Waals surface area contributed by atoms with E-state index in [0.717, 1.165) is 4.94 Å². The molecule has 0 N–H and O–H groups in total. The van der Waals surface area contributed by atoms with Gasteiger partial charge in [0.15, 0.2) is 0 Å². The van der Waals surface area contributed by atoms with Gasteiger partial charge in [0.2, 0.25) is 0 Å². The molecule has 2 rings (SSSR count). The van der Waals surface area contributed by atoms with Crippen molar-refractivity contribution in [2.24, 2.45) is 0 Å². The van der Waals surface area contributed by atoms with Crippen molar-refractivity contribution in [2.75, 3.05) is 11.9 Å². The summed E-state index contributed by atoms with van der Waals surface area (Å²) in [5.41, 5.74) is 1.43. The molecule has 0 bridgehead atoms. The normalized spacial score (nSPS) is 20.2. The van der Waals surface area contributed by atoms with Gasteiger partial charge in [0.05, 0.1) is 0 Å². The number of hydrogen-bond donors (Lipinski definition) is 0. The fourth-order valence-corrected chi connectivity index (χ4v) is 3.68. The molecular weight excluding hydrogens is 328 g/mol. The van der Waals surface area contributed by atoms with Gasteiger partial charge in [-0.15, -0.1) is 24.0 Å². The summed E-state index contributed by atoms with van der Waals surface area (Å²) in [5, 5.41) is 0. The molecule has 0 aromatic heterocycles. The van der Waals surface area contributed by atoms with E-state index in [1.54, 1.807) is 4.46 Å². The second kappa shape index (κ2) is 3.99. The van der Waals surface area contributed by atoms with Crippen LogP contribution in [-0.4, -0.2) is 26.9 Å². The van der Waals surface area contributed by atoms with Gasteiger partial charge in [0.25, 0.3) is 0 Å². The third-order valence-corrected chi connectivity index (χ3v) is 4.72. The van der Waals surface area contributed by atoms with Crippen LogP contribution in [0.5, 0.6) is 0 Å². The first-order chi connectivity index (χ1) is 5.29. The van der Waals surface area contributed by atoms with Crippen molar-refractivity contribution in [1.29, 1.82) is 0 Å². The predicted molar refractivity (Wildman–Crippen MR) is 65.1 cm³/mol. The second-order valence-electron chi connectivity index (χ2n) is 2.80. The smallest absolute Gasteiger partial charge is 0.107 e. The van der Waals surface area contributed by atoms with Crippen molar-refractivity contribution in [3.63, 3.8) is 0 Å². The van der Waals surface area contributed by atoms with Crippen LogP contribution in [0.3, 0.4) is 0 Å². The molecule has 66 valence electrons. The van der Waals surface area contributed by atoms with E-state index in [1.165, 1.54) is 5.69 Å². The van der Waals surface area contributed by atoms with Crippen LogP contribution in [0.2, 0.25) is 0 Å². The monoisotopic (exact) mass is 341 g/mol. The first-order valence-corrected chi connectivity index (χ1v) is 5.62. The second-order valence-corrected chi connectivity index (χ2v) is 5.64. The summed E-state index contributed by atoms with van der Waals surface area (Å²) in [6.07, 6.45) is 0. The Balaban J connectivity index is 0.000000720. The van der Waals surface area contributed by atoms with E-state index in [9.17, 15) is 0 Å². The summed E-state index contributed by atoms with van der Waals surface area (Å²) in [7, 11) is 2.18. The van der Waals surface area contributed by atoms with E-state index in [2.05, 4.69) is 43.1 Å². The van der Waals surface area contributed by atoms with Gasteiger partial charge in [-0.1, -0.05) is 0 Å². The molecule has 0 aliphatic carbocycles. The molecule has 0 spiro atoms. The third-order valence-electron chi connectivity index (χ3n) is 2.09. The molecule has 0 saturated carbocycles. The van der Waals surface area contributed by atoms with Crippen LogP contribution in [0.1, 0.15) is 6.92 Å². The summed E-state index contributed by atoms with van der Waals surface area (Å²) in [4.78, 5) is 3.11. The Bertz CT molecular complexity index is 277. The largest absolute Gasteiger partial charge is 0.107 e. The van der Waals surface area contributed by atoms with Gasteiger partial charge in [-0.25, -0.2) is 0 Å². The van der Waals surface area contributed by atoms with Gasteiger partial charge in [-0.2, -0.15) is 0 Å². The Kier molecular flexibility index (Phi) is 3.44. The molecule has 1 aromatic carbocycles. The molecule has 0 amide bonds. The zero-order valence-electron chi connectivity index (χ0n) is 7.15. The number of halogens is 1. The maximum absolute atomic E-state index is 2.37. The maximum Gasteiger partial charge on any atom is -0.107 e. The maximum atomic E-state index is 2.37. The summed E-state index contributed by atoms with van der Waals surface area (Å²) in [5.74, 6) is 0. The zero-order chi connectivity index (χ0) is 7.84. The molecule has 0 saturated heterocycles. The van der Waals surface area contributed by atoms with Crippen LogP contribution in [-0.2, 0) is 0 Å². The molecule has 0 fully saturated rings. The quantitative estimate of drug-likeness (QED) is 0.510. The molecular formula is C9H12INSe. The number of fused-ring (bicyclic) bond motifs is 1. The Hall–Kier alpha value is 0.269. The SMILES string of the molecule is CC1[Se]c2ccccc2N1C.I. The number of nitrogens with zero attached hydrogens (tertiary/aromatic N) is 1. The minimum atomic E-state index is 0. The van der Waals surface area contributed by atoms with Crippen LogP contribution < -0.4 is 9.36 Å². The van der Waals surface area contributed by atoms with E-state index >= 15 is 0 Å². The Labute approximate surface area is 96.7 Å². The number of anilines is 1. The Morgan fingerprint density at radius 3 is 2.67 bits per heavy atom. The summed E-state index contributed by atoms with van der Waals surface area (Å²) >= 11 is 0.658. The van der Waals surface area contributed by atoms with E-state index in [4.69, 9.17) is 0 Å². The van der Waals surface area contributed by atoms with Crippen molar-refractivity contribution >= 4 is 49.1 Å².